The van der Waals surface area contributed by atoms with Gasteiger partial charge in [0.1, 0.15) is 13.2 Å². The molecule has 0 rings (SSSR count). The van der Waals surface area contributed by atoms with Gasteiger partial charge >= 0.3 is 17.9 Å². The van der Waals surface area contributed by atoms with Gasteiger partial charge in [0.15, 0.2) is 6.10 Å². The zero-order chi connectivity index (χ0) is 52.9. The first-order valence-electron chi connectivity index (χ1n) is 30.4. The normalized spacial score (nSPS) is 12.9. The van der Waals surface area contributed by atoms with Crippen molar-refractivity contribution in [3.8, 4) is 0 Å². The van der Waals surface area contributed by atoms with Crippen LogP contribution in [-0.2, 0) is 28.6 Å². The quantitative estimate of drug-likeness (QED) is 0.0261. The lowest BCUT2D eigenvalue weighted by atomic mass is 10.0. The molecule has 0 radical (unpaired) electrons. The summed E-state index contributed by atoms with van der Waals surface area (Å²) in [6, 6.07) is 0. The van der Waals surface area contributed by atoms with Gasteiger partial charge in [-0.3, -0.25) is 14.4 Å². The Morgan fingerprint density at radius 1 is 0.301 bits per heavy atom. The van der Waals surface area contributed by atoms with Gasteiger partial charge in [-0.2, -0.15) is 0 Å². The summed E-state index contributed by atoms with van der Waals surface area (Å²) in [6.45, 7) is 6.41. The second kappa shape index (κ2) is 60.6. The highest BCUT2D eigenvalue weighted by molar-refractivity contribution is 5.72. The second-order valence-corrected chi connectivity index (χ2v) is 19.9. The molecule has 0 fully saturated rings. The first-order valence-corrected chi connectivity index (χ1v) is 30.4. The van der Waals surface area contributed by atoms with E-state index in [0.717, 1.165) is 96.3 Å². The van der Waals surface area contributed by atoms with Gasteiger partial charge in [0, 0.05) is 12.8 Å². The fourth-order valence-electron chi connectivity index (χ4n) is 8.23. The molecule has 0 aromatic carbocycles. The molecule has 0 spiro atoms. The van der Waals surface area contributed by atoms with E-state index < -0.39 is 12.1 Å². The van der Waals surface area contributed by atoms with Gasteiger partial charge in [-0.05, 0) is 109 Å². The van der Waals surface area contributed by atoms with Crippen LogP contribution in [0.15, 0.2) is 109 Å². The Hall–Kier alpha value is -3.93. The van der Waals surface area contributed by atoms with Gasteiger partial charge in [0.2, 0.25) is 0 Å². The minimum absolute atomic E-state index is 0.0927. The molecule has 0 aromatic rings. The number of carbonyl (C=O) groups is 3. The molecule has 1 unspecified atom stereocenters. The first-order chi connectivity index (χ1) is 36.0. The maximum atomic E-state index is 12.8. The van der Waals surface area contributed by atoms with Crippen LogP contribution in [0, 0.1) is 0 Å². The molecule has 0 N–H and O–H groups in total. The molecule has 1 atom stereocenters. The number of ether oxygens (including phenoxy) is 3. The molecule has 0 saturated carbocycles. The van der Waals surface area contributed by atoms with Crippen LogP contribution in [0.2, 0.25) is 0 Å². The maximum absolute atomic E-state index is 12.8. The Morgan fingerprint density at radius 2 is 0.575 bits per heavy atom. The van der Waals surface area contributed by atoms with Crippen molar-refractivity contribution in [1.82, 2.24) is 0 Å². The van der Waals surface area contributed by atoms with E-state index in [-0.39, 0.29) is 31.6 Å². The van der Waals surface area contributed by atoms with Crippen molar-refractivity contribution >= 4 is 17.9 Å². The van der Waals surface area contributed by atoms with Crippen LogP contribution < -0.4 is 0 Å². The number of unbranched alkanes of at least 4 members (excludes halogenated alkanes) is 26. The zero-order valence-corrected chi connectivity index (χ0v) is 47.6. The van der Waals surface area contributed by atoms with E-state index >= 15 is 0 Å². The van der Waals surface area contributed by atoms with E-state index in [4.69, 9.17) is 14.2 Å². The number of hydrogen-bond acceptors (Lipinski definition) is 6. The summed E-state index contributed by atoms with van der Waals surface area (Å²) < 4.78 is 16.7. The van der Waals surface area contributed by atoms with Gasteiger partial charge in [0.05, 0.1) is 6.42 Å². The average Bonchev–Trinajstić information content (AvgIpc) is 3.39. The van der Waals surface area contributed by atoms with E-state index in [1.54, 1.807) is 6.08 Å². The fourth-order valence-corrected chi connectivity index (χ4v) is 8.23. The molecule has 0 aromatic heterocycles. The van der Waals surface area contributed by atoms with E-state index in [0.29, 0.717) is 12.8 Å². The monoisotopic (exact) mass is 1010 g/mol. The highest BCUT2D eigenvalue weighted by Crippen LogP contribution is 2.15. The Balaban J connectivity index is 4.35. The molecular formula is C67H112O6. The summed E-state index contributed by atoms with van der Waals surface area (Å²) in [5, 5.41) is 0. The summed E-state index contributed by atoms with van der Waals surface area (Å²) in [6.07, 6.45) is 82.6. The van der Waals surface area contributed by atoms with Crippen molar-refractivity contribution in [1.29, 1.82) is 0 Å². The van der Waals surface area contributed by atoms with Crippen molar-refractivity contribution in [2.75, 3.05) is 13.2 Å². The predicted molar refractivity (Wildman–Crippen MR) is 316 cm³/mol. The zero-order valence-electron chi connectivity index (χ0n) is 47.6. The lowest BCUT2D eigenvalue weighted by molar-refractivity contribution is -0.166. The number of carbonyl (C=O) groups excluding carboxylic acids is 3. The minimum atomic E-state index is -0.838. The van der Waals surface area contributed by atoms with Crippen molar-refractivity contribution in [3.63, 3.8) is 0 Å². The molecule has 73 heavy (non-hydrogen) atoms. The highest BCUT2D eigenvalue weighted by atomic mass is 16.6. The van der Waals surface area contributed by atoms with Crippen LogP contribution in [0.4, 0.5) is 0 Å². The Morgan fingerprint density at radius 3 is 0.932 bits per heavy atom. The molecule has 0 bridgehead atoms. The highest BCUT2D eigenvalue weighted by Gasteiger charge is 2.19. The van der Waals surface area contributed by atoms with Crippen LogP contribution in [0.1, 0.15) is 278 Å². The van der Waals surface area contributed by atoms with Crippen LogP contribution in [0.5, 0.6) is 0 Å². The van der Waals surface area contributed by atoms with Gasteiger partial charge in [-0.25, -0.2) is 0 Å². The number of allylic oxidation sites excluding steroid dienone is 17. The third-order valence-electron chi connectivity index (χ3n) is 12.8. The van der Waals surface area contributed by atoms with E-state index in [9.17, 15) is 14.4 Å². The predicted octanol–water partition coefficient (Wildman–Crippen LogP) is 20.7. The Labute approximate surface area is 450 Å². The lowest BCUT2D eigenvalue weighted by Gasteiger charge is -2.18. The van der Waals surface area contributed by atoms with Crippen molar-refractivity contribution in [2.24, 2.45) is 0 Å². The largest absolute Gasteiger partial charge is 0.462 e. The minimum Gasteiger partial charge on any atom is -0.462 e. The third kappa shape index (κ3) is 58.8. The van der Waals surface area contributed by atoms with Crippen molar-refractivity contribution in [3.05, 3.63) is 109 Å². The summed E-state index contributed by atoms with van der Waals surface area (Å²) in [4.78, 5) is 38.1. The maximum Gasteiger partial charge on any atom is 0.310 e. The molecule has 6 heteroatoms. The average molecular weight is 1010 g/mol. The number of hydrogen-bond donors (Lipinski definition) is 0. The summed E-state index contributed by atoms with van der Waals surface area (Å²) in [5.41, 5.74) is 0. The van der Waals surface area contributed by atoms with Crippen LogP contribution in [0.3, 0.4) is 0 Å². The smallest absolute Gasteiger partial charge is 0.310 e. The van der Waals surface area contributed by atoms with Gasteiger partial charge in [-0.1, -0.05) is 259 Å². The molecule has 0 aliphatic rings. The summed E-state index contributed by atoms with van der Waals surface area (Å²) in [5.74, 6) is -1.06. The van der Waals surface area contributed by atoms with Crippen LogP contribution >= 0.6 is 0 Å². The molecule has 416 valence electrons. The second-order valence-electron chi connectivity index (χ2n) is 19.9. The lowest BCUT2D eigenvalue weighted by Crippen LogP contribution is -2.30. The van der Waals surface area contributed by atoms with Gasteiger partial charge < -0.3 is 14.2 Å². The van der Waals surface area contributed by atoms with Crippen molar-refractivity contribution in [2.45, 2.75) is 284 Å². The van der Waals surface area contributed by atoms with E-state index in [2.05, 4.69) is 118 Å². The summed E-state index contributed by atoms with van der Waals surface area (Å²) >= 11 is 0. The number of esters is 3. The SMILES string of the molecule is CC/C=C\C/C=C\C/C=C\C/C=C\C/C=C\CC(=O)OC(COC(=O)CCCCCCC/C=C\CCCCCC)COC(=O)CCCCCCCCCCCCCC/C=C\C/C=C\C/C=C\CCCCCCC. The van der Waals surface area contributed by atoms with E-state index in [1.807, 2.05) is 6.08 Å². The summed E-state index contributed by atoms with van der Waals surface area (Å²) in [7, 11) is 0. The molecule has 0 aliphatic carbocycles. The van der Waals surface area contributed by atoms with E-state index in [1.165, 1.54) is 141 Å². The first kappa shape index (κ1) is 69.1. The molecule has 0 amide bonds. The van der Waals surface area contributed by atoms with Crippen LogP contribution in [0.25, 0.3) is 0 Å². The molecule has 0 saturated heterocycles. The van der Waals surface area contributed by atoms with Gasteiger partial charge in [0.25, 0.3) is 0 Å². The third-order valence-corrected chi connectivity index (χ3v) is 12.8. The molecule has 6 nitrogen and oxygen atoms in total. The Kier molecular flexibility index (Phi) is 57.4. The van der Waals surface area contributed by atoms with Crippen LogP contribution in [-0.4, -0.2) is 37.2 Å². The molecular weight excluding hydrogens is 901 g/mol. The Bertz CT molecular complexity index is 1490. The standard InChI is InChI=1S/C67H112O6/c1-4-7-10-13-16-19-22-25-27-28-29-30-31-32-33-34-35-36-37-38-40-42-45-48-51-54-57-60-66(69)72-63-64(62-71-65(68)59-56-53-50-47-44-41-24-21-18-15-12-9-6-3)73-67(70)61-58-55-52-49-46-43-39-26-23-20-17-14-11-8-5-2/h8,11,17,20-22,24-26,28-29,31-32,39,46,49,55,58,64H,4-7,9-10,12-16,18-19,23,27,30,33-38,40-45,47-48,50-54,56-57,59-63H2,1-3H3/b11-8-,20-17-,24-21-,25-22-,29-28-,32-31-,39-26-,49-46-,58-55-. The fraction of sp³-hybridized carbons (Fsp3) is 0.687. The van der Waals surface area contributed by atoms with Crippen molar-refractivity contribution < 1.29 is 28.6 Å². The molecule has 0 aliphatic heterocycles. The van der Waals surface area contributed by atoms with Gasteiger partial charge in [-0.15, -0.1) is 0 Å². The molecule has 0 heterocycles. The number of rotatable bonds is 54. The topological polar surface area (TPSA) is 78.9 Å².